The van der Waals surface area contributed by atoms with Crippen molar-refractivity contribution in [3.05, 3.63) is 40.5 Å². The van der Waals surface area contributed by atoms with Crippen molar-refractivity contribution >= 4 is 18.0 Å². The second-order valence-corrected chi connectivity index (χ2v) is 4.35. The van der Waals surface area contributed by atoms with Crippen molar-refractivity contribution in [2.24, 2.45) is 0 Å². The van der Waals surface area contributed by atoms with Crippen LogP contribution in [0.15, 0.2) is 18.2 Å². The Morgan fingerprint density at radius 2 is 2.26 bits per heavy atom. The second-order valence-electron chi connectivity index (χ2n) is 4.35. The Morgan fingerprint density at radius 1 is 1.47 bits per heavy atom. The highest BCUT2D eigenvalue weighted by atomic mass is 16.5. The summed E-state index contributed by atoms with van der Waals surface area (Å²) in [6.45, 7) is 2.36. The molecule has 2 rings (SSSR count). The SMILES string of the molecule is CCCc1ccc2c(c1/C=C\C(=O)OC)COC2=O. The van der Waals surface area contributed by atoms with Crippen LogP contribution in [0.25, 0.3) is 6.08 Å². The van der Waals surface area contributed by atoms with Gasteiger partial charge in [0.15, 0.2) is 0 Å². The number of aryl methyl sites for hydroxylation is 1. The largest absolute Gasteiger partial charge is 0.466 e. The van der Waals surface area contributed by atoms with Crippen LogP contribution in [0.5, 0.6) is 0 Å². The van der Waals surface area contributed by atoms with Crippen molar-refractivity contribution in [1.29, 1.82) is 0 Å². The van der Waals surface area contributed by atoms with E-state index in [9.17, 15) is 9.59 Å². The zero-order chi connectivity index (χ0) is 13.8. The Labute approximate surface area is 112 Å². The number of fused-ring (bicyclic) bond motifs is 1. The van der Waals surface area contributed by atoms with Crippen molar-refractivity contribution < 1.29 is 19.1 Å². The normalized spacial score (nSPS) is 13.5. The molecule has 0 fully saturated rings. The Bertz CT molecular complexity index is 543. The van der Waals surface area contributed by atoms with Crippen molar-refractivity contribution in [3.8, 4) is 0 Å². The van der Waals surface area contributed by atoms with Gasteiger partial charge in [0.1, 0.15) is 6.61 Å². The summed E-state index contributed by atoms with van der Waals surface area (Å²) in [4.78, 5) is 22.8. The summed E-state index contributed by atoms with van der Waals surface area (Å²) in [7, 11) is 1.34. The number of cyclic esters (lactones) is 1. The predicted octanol–water partition coefficient (Wildman–Crippen LogP) is 2.50. The summed E-state index contributed by atoms with van der Waals surface area (Å²) in [6.07, 6.45) is 4.96. The van der Waals surface area contributed by atoms with Crippen LogP contribution < -0.4 is 0 Å². The summed E-state index contributed by atoms with van der Waals surface area (Å²) in [5.41, 5.74) is 3.45. The highest BCUT2D eigenvalue weighted by molar-refractivity contribution is 5.96. The van der Waals surface area contributed by atoms with E-state index >= 15 is 0 Å². The Kier molecular flexibility index (Phi) is 4.00. The van der Waals surface area contributed by atoms with Gasteiger partial charge in [-0.1, -0.05) is 19.4 Å². The fourth-order valence-electron chi connectivity index (χ4n) is 2.19. The average molecular weight is 260 g/mol. The molecule has 4 heteroatoms. The first-order valence-electron chi connectivity index (χ1n) is 6.25. The van der Waals surface area contributed by atoms with Gasteiger partial charge >= 0.3 is 11.9 Å². The number of carbonyl (C=O) groups excluding carboxylic acids is 2. The molecular weight excluding hydrogens is 244 g/mol. The third-order valence-corrected chi connectivity index (χ3v) is 3.12. The first kappa shape index (κ1) is 13.3. The summed E-state index contributed by atoms with van der Waals surface area (Å²) >= 11 is 0. The molecule has 0 aliphatic carbocycles. The van der Waals surface area contributed by atoms with Gasteiger partial charge in [-0.25, -0.2) is 9.59 Å². The summed E-state index contributed by atoms with van der Waals surface area (Å²) in [6, 6.07) is 3.72. The van der Waals surface area contributed by atoms with Crippen LogP contribution in [-0.4, -0.2) is 19.0 Å². The molecule has 0 unspecified atom stereocenters. The highest BCUT2D eigenvalue weighted by Gasteiger charge is 2.24. The van der Waals surface area contributed by atoms with Crippen LogP contribution in [0, 0.1) is 0 Å². The van der Waals surface area contributed by atoms with Gasteiger partial charge in [-0.3, -0.25) is 0 Å². The van der Waals surface area contributed by atoms with Gasteiger partial charge in [-0.2, -0.15) is 0 Å². The molecule has 1 aliphatic heterocycles. The first-order valence-corrected chi connectivity index (χ1v) is 6.25. The van der Waals surface area contributed by atoms with Crippen molar-refractivity contribution in [2.75, 3.05) is 7.11 Å². The molecular formula is C15H16O4. The third kappa shape index (κ3) is 2.67. The molecule has 0 N–H and O–H groups in total. The van der Waals surface area contributed by atoms with E-state index in [2.05, 4.69) is 11.7 Å². The number of benzene rings is 1. The number of hydrogen-bond donors (Lipinski definition) is 0. The van der Waals surface area contributed by atoms with Gasteiger partial charge < -0.3 is 9.47 Å². The maximum absolute atomic E-state index is 11.5. The van der Waals surface area contributed by atoms with E-state index < -0.39 is 5.97 Å². The summed E-state index contributed by atoms with van der Waals surface area (Å²) in [5, 5.41) is 0. The fourth-order valence-corrected chi connectivity index (χ4v) is 2.19. The molecule has 1 heterocycles. The quantitative estimate of drug-likeness (QED) is 0.616. The van der Waals surface area contributed by atoms with Gasteiger partial charge in [0.25, 0.3) is 0 Å². The third-order valence-electron chi connectivity index (χ3n) is 3.12. The molecule has 0 amide bonds. The van der Waals surface area contributed by atoms with E-state index in [1.165, 1.54) is 13.2 Å². The second kappa shape index (κ2) is 5.69. The lowest BCUT2D eigenvalue weighted by molar-refractivity contribution is -0.134. The molecule has 1 aromatic carbocycles. The predicted molar refractivity (Wildman–Crippen MR) is 70.6 cm³/mol. The molecule has 100 valence electrons. The standard InChI is InChI=1S/C15H16O4/c1-3-4-10-5-6-12-13(9-19-15(12)17)11(10)7-8-14(16)18-2/h5-8H,3-4,9H2,1-2H3/b8-7-. The monoisotopic (exact) mass is 260 g/mol. The minimum Gasteiger partial charge on any atom is -0.466 e. The van der Waals surface area contributed by atoms with Crippen LogP contribution in [-0.2, 0) is 27.3 Å². The van der Waals surface area contributed by atoms with E-state index in [0.29, 0.717) is 5.56 Å². The van der Waals surface area contributed by atoms with Gasteiger partial charge in [-0.05, 0) is 29.7 Å². The van der Waals surface area contributed by atoms with E-state index in [-0.39, 0.29) is 12.6 Å². The van der Waals surface area contributed by atoms with Gasteiger partial charge in [-0.15, -0.1) is 0 Å². The zero-order valence-electron chi connectivity index (χ0n) is 11.1. The lowest BCUT2D eigenvalue weighted by atomic mass is 9.94. The summed E-state index contributed by atoms with van der Waals surface area (Å²) in [5.74, 6) is -0.712. The van der Waals surface area contributed by atoms with Gasteiger partial charge in [0.05, 0.1) is 12.7 Å². The molecule has 4 nitrogen and oxygen atoms in total. The molecule has 0 spiro atoms. The van der Waals surface area contributed by atoms with Crippen molar-refractivity contribution in [2.45, 2.75) is 26.4 Å². The molecule has 0 radical (unpaired) electrons. The molecule has 19 heavy (non-hydrogen) atoms. The Hall–Kier alpha value is -2.10. The first-order chi connectivity index (χ1) is 9.17. The topological polar surface area (TPSA) is 52.6 Å². The van der Waals surface area contributed by atoms with E-state index in [1.54, 1.807) is 12.1 Å². The van der Waals surface area contributed by atoms with Crippen LogP contribution in [0.4, 0.5) is 0 Å². The molecule has 0 atom stereocenters. The maximum atomic E-state index is 11.5. The van der Waals surface area contributed by atoms with Crippen molar-refractivity contribution in [3.63, 3.8) is 0 Å². The number of hydrogen-bond acceptors (Lipinski definition) is 4. The molecule has 0 aromatic heterocycles. The number of esters is 2. The molecule has 0 saturated heterocycles. The Morgan fingerprint density at radius 3 is 2.95 bits per heavy atom. The maximum Gasteiger partial charge on any atom is 0.338 e. The molecule has 1 aromatic rings. The minimum atomic E-state index is -0.412. The van der Waals surface area contributed by atoms with E-state index in [4.69, 9.17) is 4.74 Å². The Balaban J connectivity index is 2.45. The number of methoxy groups -OCH3 is 1. The number of rotatable bonds is 4. The van der Waals surface area contributed by atoms with Crippen molar-refractivity contribution in [1.82, 2.24) is 0 Å². The fraction of sp³-hybridized carbons (Fsp3) is 0.333. The van der Waals surface area contributed by atoms with Crippen LogP contribution in [0.2, 0.25) is 0 Å². The lowest BCUT2D eigenvalue weighted by Crippen LogP contribution is -1.99. The molecule has 0 bridgehead atoms. The van der Waals surface area contributed by atoms with E-state index in [0.717, 1.165) is 29.5 Å². The minimum absolute atomic E-state index is 0.270. The van der Waals surface area contributed by atoms with Gasteiger partial charge in [0.2, 0.25) is 0 Å². The lowest BCUT2D eigenvalue weighted by Gasteiger charge is -2.08. The highest BCUT2D eigenvalue weighted by Crippen LogP contribution is 2.28. The molecule has 0 saturated carbocycles. The zero-order valence-corrected chi connectivity index (χ0v) is 11.1. The van der Waals surface area contributed by atoms with Crippen LogP contribution in [0.1, 0.15) is 40.4 Å². The summed E-state index contributed by atoms with van der Waals surface area (Å²) < 4.78 is 9.63. The number of ether oxygens (including phenoxy) is 2. The van der Waals surface area contributed by atoms with Crippen LogP contribution in [0.3, 0.4) is 0 Å². The van der Waals surface area contributed by atoms with E-state index in [1.807, 2.05) is 6.07 Å². The smallest absolute Gasteiger partial charge is 0.338 e. The van der Waals surface area contributed by atoms with Crippen LogP contribution >= 0.6 is 0 Å². The van der Waals surface area contributed by atoms with Gasteiger partial charge in [0, 0.05) is 11.6 Å². The molecule has 1 aliphatic rings. The number of carbonyl (C=O) groups is 2. The average Bonchev–Trinajstić information content (AvgIpc) is 2.79.